The summed E-state index contributed by atoms with van der Waals surface area (Å²) < 4.78 is 18.9. The third-order valence-corrected chi connectivity index (χ3v) is 4.23. The first kappa shape index (κ1) is 15.5. The Hall–Kier alpha value is -2.40. The summed E-state index contributed by atoms with van der Waals surface area (Å²) in [5.41, 5.74) is 2.15. The van der Waals surface area contributed by atoms with Gasteiger partial charge >= 0.3 is 0 Å². The summed E-state index contributed by atoms with van der Waals surface area (Å²) in [4.78, 5) is 12.3. The maximum atomic E-state index is 13.1. The molecule has 1 heterocycles. The van der Waals surface area contributed by atoms with Crippen molar-refractivity contribution < 1.29 is 18.7 Å². The van der Waals surface area contributed by atoms with E-state index >= 15 is 0 Å². The molecule has 0 unspecified atom stereocenters. The fraction of sp³-hybridized carbons (Fsp3) is 0.0556. The standard InChI is InChI=1S/C18H12BrFO3/c1-10-9-23-16-7-5-13(18(22)17(10)16)15(21)6-3-11-2-4-12(20)8-14(11)19/h2-9,22H,1H3/b6-3+. The van der Waals surface area contributed by atoms with Crippen LogP contribution in [-0.2, 0) is 0 Å². The van der Waals surface area contributed by atoms with Gasteiger partial charge in [0.15, 0.2) is 5.78 Å². The van der Waals surface area contributed by atoms with Crippen LogP contribution in [-0.4, -0.2) is 10.9 Å². The van der Waals surface area contributed by atoms with Crippen molar-refractivity contribution in [1.29, 1.82) is 0 Å². The SMILES string of the molecule is Cc1coc2ccc(C(=O)/C=C/c3ccc(F)cc3Br)c(O)c12. The number of fused-ring (bicyclic) bond motifs is 1. The number of phenols is 1. The zero-order valence-corrected chi connectivity index (χ0v) is 13.7. The number of benzene rings is 2. The van der Waals surface area contributed by atoms with Crippen molar-refractivity contribution >= 4 is 38.8 Å². The normalized spacial score (nSPS) is 11.4. The van der Waals surface area contributed by atoms with Crippen molar-refractivity contribution in [1.82, 2.24) is 0 Å². The summed E-state index contributed by atoms with van der Waals surface area (Å²) in [7, 11) is 0. The predicted molar refractivity (Wildman–Crippen MR) is 90.1 cm³/mol. The lowest BCUT2D eigenvalue weighted by Gasteiger charge is -2.03. The third-order valence-electron chi connectivity index (χ3n) is 3.54. The van der Waals surface area contributed by atoms with Crippen molar-refractivity contribution in [2.45, 2.75) is 6.92 Å². The molecule has 0 saturated heterocycles. The summed E-state index contributed by atoms with van der Waals surface area (Å²) in [5, 5.41) is 10.8. The van der Waals surface area contributed by atoms with Crippen LogP contribution >= 0.6 is 15.9 Å². The molecule has 3 aromatic rings. The average Bonchev–Trinajstić information content (AvgIpc) is 2.88. The molecule has 0 saturated carbocycles. The van der Waals surface area contributed by atoms with Gasteiger partial charge in [-0.15, -0.1) is 0 Å². The molecule has 0 aliphatic rings. The molecule has 0 fully saturated rings. The van der Waals surface area contributed by atoms with E-state index in [1.807, 2.05) is 0 Å². The fourth-order valence-electron chi connectivity index (χ4n) is 2.35. The number of hydrogen-bond acceptors (Lipinski definition) is 3. The average molecular weight is 375 g/mol. The zero-order chi connectivity index (χ0) is 16.6. The number of ketones is 1. The summed E-state index contributed by atoms with van der Waals surface area (Å²) in [6.45, 7) is 1.80. The van der Waals surface area contributed by atoms with Gasteiger partial charge in [0.2, 0.25) is 0 Å². The highest BCUT2D eigenvalue weighted by atomic mass is 79.9. The number of phenolic OH excluding ortho intramolecular Hbond substituents is 1. The van der Waals surface area contributed by atoms with Gasteiger partial charge in [0.25, 0.3) is 0 Å². The van der Waals surface area contributed by atoms with Crippen molar-refractivity contribution in [3.63, 3.8) is 0 Å². The summed E-state index contributed by atoms with van der Waals surface area (Å²) in [6.07, 6.45) is 4.44. The number of allylic oxidation sites excluding steroid dienone is 1. The molecule has 116 valence electrons. The van der Waals surface area contributed by atoms with Gasteiger partial charge in [-0.2, -0.15) is 0 Å². The first-order valence-corrected chi connectivity index (χ1v) is 7.64. The van der Waals surface area contributed by atoms with E-state index in [1.54, 1.807) is 25.1 Å². The van der Waals surface area contributed by atoms with Gasteiger partial charge in [0.05, 0.1) is 17.2 Å². The molecule has 1 aromatic heterocycles. The van der Waals surface area contributed by atoms with Gasteiger partial charge in [-0.3, -0.25) is 4.79 Å². The molecule has 0 atom stereocenters. The van der Waals surface area contributed by atoms with E-state index in [-0.39, 0.29) is 22.9 Å². The second-order valence-electron chi connectivity index (χ2n) is 5.12. The summed E-state index contributed by atoms with van der Waals surface area (Å²) in [6, 6.07) is 7.37. The van der Waals surface area contributed by atoms with Crippen molar-refractivity contribution in [3.05, 3.63) is 69.7 Å². The number of carbonyl (C=O) groups excluding carboxylic acids is 1. The van der Waals surface area contributed by atoms with E-state index in [4.69, 9.17) is 4.42 Å². The summed E-state index contributed by atoms with van der Waals surface area (Å²) in [5.74, 6) is -0.804. The van der Waals surface area contributed by atoms with E-state index in [1.165, 1.54) is 30.5 Å². The van der Waals surface area contributed by atoms with Crippen LogP contribution in [0.15, 0.2) is 51.6 Å². The highest BCUT2D eigenvalue weighted by Gasteiger charge is 2.15. The minimum Gasteiger partial charge on any atom is -0.506 e. The second kappa shape index (κ2) is 6.01. The molecular weight excluding hydrogens is 363 g/mol. The first-order chi connectivity index (χ1) is 11.0. The molecular formula is C18H12BrFO3. The summed E-state index contributed by atoms with van der Waals surface area (Å²) >= 11 is 3.24. The molecule has 0 amide bonds. The second-order valence-corrected chi connectivity index (χ2v) is 5.97. The van der Waals surface area contributed by atoms with Gasteiger partial charge in [-0.1, -0.05) is 22.0 Å². The van der Waals surface area contributed by atoms with Gasteiger partial charge < -0.3 is 9.52 Å². The number of aromatic hydroxyl groups is 1. The quantitative estimate of drug-likeness (QED) is 0.503. The Morgan fingerprint density at radius 3 is 2.83 bits per heavy atom. The van der Waals surface area contributed by atoms with Gasteiger partial charge in [0.1, 0.15) is 17.1 Å². The highest BCUT2D eigenvalue weighted by molar-refractivity contribution is 9.10. The predicted octanol–water partition coefficient (Wildman–Crippen LogP) is 5.24. The van der Waals surface area contributed by atoms with Crippen LogP contribution in [0.5, 0.6) is 5.75 Å². The van der Waals surface area contributed by atoms with E-state index < -0.39 is 0 Å². The number of halogens is 2. The number of rotatable bonds is 3. The number of carbonyl (C=O) groups is 1. The van der Waals surface area contributed by atoms with Crippen LogP contribution in [0.4, 0.5) is 4.39 Å². The van der Waals surface area contributed by atoms with Crippen molar-refractivity contribution in [2.24, 2.45) is 0 Å². The third kappa shape index (κ3) is 2.92. The van der Waals surface area contributed by atoms with Crippen LogP contribution in [0.25, 0.3) is 17.0 Å². The van der Waals surface area contributed by atoms with Crippen molar-refractivity contribution in [3.8, 4) is 5.75 Å². The Morgan fingerprint density at radius 2 is 2.09 bits per heavy atom. The maximum absolute atomic E-state index is 13.1. The van der Waals surface area contributed by atoms with Gasteiger partial charge in [-0.25, -0.2) is 4.39 Å². The first-order valence-electron chi connectivity index (χ1n) is 6.84. The largest absolute Gasteiger partial charge is 0.506 e. The lowest BCUT2D eigenvalue weighted by atomic mass is 10.0. The molecule has 0 bridgehead atoms. The molecule has 5 heteroatoms. The molecule has 0 spiro atoms. The maximum Gasteiger partial charge on any atom is 0.189 e. The van der Waals surface area contributed by atoms with E-state index in [9.17, 15) is 14.3 Å². The molecule has 0 aliphatic carbocycles. The molecule has 23 heavy (non-hydrogen) atoms. The lowest BCUT2D eigenvalue weighted by molar-refractivity contribution is 0.104. The Bertz CT molecular complexity index is 941. The van der Waals surface area contributed by atoms with E-state index in [2.05, 4.69) is 15.9 Å². The van der Waals surface area contributed by atoms with Crippen LogP contribution in [0, 0.1) is 12.7 Å². The Morgan fingerprint density at radius 1 is 1.30 bits per heavy atom. The Kier molecular flexibility index (Phi) is 4.05. The molecule has 0 aliphatic heterocycles. The molecule has 2 aromatic carbocycles. The molecule has 3 nitrogen and oxygen atoms in total. The monoisotopic (exact) mass is 374 g/mol. The number of aryl methyl sites for hydroxylation is 1. The van der Waals surface area contributed by atoms with Crippen molar-refractivity contribution in [2.75, 3.05) is 0 Å². The van der Waals surface area contributed by atoms with Crippen LogP contribution in [0.2, 0.25) is 0 Å². The van der Waals surface area contributed by atoms with E-state index in [0.717, 1.165) is 5.56 Å². The highest BCUT2D eigenvalue weighted by Crippen LogP contribution is 2.33. The minimum absolute atomic E-state index is 0.0958. The molecule has 0 radical (unpaired) electrons. The number of furan rings is 1. The number of hydrogen-bond donors (Lipinski definition) is 1. The Labute approximate surface area is 140 Å². The van der Waals surface area contributed by atoms with Crippen LogP contribution in [0.3, 0.4) is 0 Å². The minimum atomic E-state index is -0.362. The zero-order valence-electron chi connectivity index (χ0n) is 12.1. The topological polar surface area (TPSA) is 50.4 Å². The fourth-order valence-corrected chi connectivity index (χ4v) is 2.84. The molecule has 3 rings (SSSR count). The molecule has 1 N–H and O–H groups in total. The lowest BCUT2D eigenvalue weighted by Crippen LogP contribution is -1.95. The van der Waals surface area contributed by atoms with Crippen LogP contribution in [0.1, 0.15) is 21.5 Å². The Balaban J connectivity index is 1.96. The van der Waals surface area contributed by atoms with Crippen LogP contribution < -0.4 is 0 Å². The smallest absolute Gasteiger partial charge is 0.189 e. The van der Waals surface area contributed by atoms with Gasteiger partial charge in [-0.05, 0) is 54.5 Å². The van der Waals surface area contributed by atoms with Gasteiger partial charge in [0, 0.05) is 4.47 Å². The van der Waals surface area contributed by atoms with E-state index in [0.29, 0.717) is 21.0 Å².